The summed E-state index contributed by atoms with van der Waals surface area (Å²) in [4.78, 5) is 15.6. The Kier molecular flexibility index (Phi) is 5.39. The molecule has 0 atom stereocenters. The van der Waals surface area contributed by atoms with E-state index in [-0.39, 0.29) is 11.7 Å². The maximum Gasteiger partial charge on any atom is 0.246 e. The maximum atomic E-state index is 12.9. The summed E-state index contributed by atoms with van der Waals surface area (Å²) in [6.07, 6.45) is 3.32. The molecule has 3 nitrogen and oxygen atoms in total. The molecule has 4 heteroatoms. The summed E-state index contributed by atoms with van der Waals surface area (Å²) in [7, 11) is 0. The van der Waals surface area contributed by atoms with Gasteiger partial charge in [0.05, 0.1) is 26.2 Å². The molecule has 1 N–H and O–H groups in total. The third kappa shape index (κ3) is 4.52. The predicted molar refractivity (Wildman–Crippen MR) is 92.9 cm³/mol. The highest BCUT2D eigenvalue weighted by molar-refractivity contribution is 5.91. The first-order chi connectivity index (χ1) is 11.7. The number of benzene rings is 2. The lowest BCUT2D eigenvalue weighted by atomic mass is 10.2. The van der Waals surface area contributed by atoms with Gasteiger partial charge in [0.15, 0.2) is 0 Å². The van der Waals surface area contributed by atoms with Crippen molar-refractivity contribution in [1.29, 1.82) is 0 Å². The number of hydrogen-bond donors (Lipinski definition) is 1. The van der Waals surface area contributed by atoms with Crippen LogP contribution in [-0.4, -0.2) is 37.0 Å². The second kappa shape index (κ2) is 7.88. The minimum atomic E-state index is -0.268. The standard InChI is InChI=1S/C20H21FN2O/c21-19-9-6-17(7-10-19)8-11-20(24)23-14-12-22(13-15-23)16-18-4-2-1-3-5-18/h1-11H,12-16H2/p+1/b11-8+. The molecule has 1 amide bonds. The van der Waals surface area contributed by atoms with Gasteiger partial charge in [-0.2, -0.15) is 0 Å². The topological polar surface area (TPSA) is 24.8 Å². The van der Waals surface area contributed by atoms with E-state index >= 15 is 0 Å². The molecule has 1 fully saturated rings. The first-order valence-corrected chi connectivity index (χ1v) is 8.31. The lowest BCUT2D eigenvalue weighted by molar-refractivity contribution is -0.917. The molecule has 1 aliphatic rings. The maximum absolute atomic E-state index is 12.9. The molecule has 1 saturated heterocycles. The van der Waals surface area contributed by atoms with Crippen molar-refractivity contribution in [3.8, 4) is 0 Å². The van der Waals surface area contributed by atoms with Crippen LogP contribution in [0, 0.1) is 5.82 Å². The number of hydrogen-bond acceptors (Lipinski definition) is 1. The summed E-state index contributed by atoms with van der Waals surface area (Å²) in [5.74, 6) is -0.242. The SMILES string of the molecule is O=C(/C=C/c1ccc(F)cc1)N1CC[NH+](Cc2ccccc2)CC1. The van der Waals surface area contributed by atoms with E-state index in [1.165, 1.54) is 22.6 Å². The van der Waals surface area contributed by atoms with Crippen LogP contribution in [0.4, 0.5) is 4.39 Å². The molecule has 3 rings (SSSR count). The quantitative estimate of drug-likeness (QED) is 0.852. The number of nitrogens with zero attached hydrogens (tertiary/aromatic N) is 1. The van der Waals surface area contributed by atoms with Crippen molar-refractivity contribution in [1.82, 2.24) is 4.90 Å². The number of carbonyl (C=O) groups excluding carboxylic acids is 1. The molecule has 1 aliphatic heterocycles. The van der Waals surface area contributed by atoms with E-state index in [9.17, 15) is 9.18 Å². The van der Waals surface area contributed by atoms with Crippen LogP contribution < -0.4 is 4.90 Å². The molecule has 0 radical (unpaired) electrons. The molecule has 124 valence electrons. The fourth-order valence-corrected chi connectivity index (χ4v) is 2.95. The third-order valence-corrected chi connectivity index (χ3v) is 4.37. The van der Waals surface area contributed by atoms with E-state index in [4.69, 9.17) is 0 Å². The number of piperazine rings is 1. The summed E-state index contributed by atoms with van der Waals surface area (Å²) in [5.41, 5.74) is 2.17. The Labute approximate surface area is 142 Å². The fourth-order valence-electron chi connectivity index (χ4n) is 2.95. The first kappa shape index (κ1) is 16.4. The monoisotopic (exact) mass is 325 g/mol. The van der Waals surface area contributed by atoms with Gasteiger partial charge in [-0.1, -0.05) is 42.5 Å². The van der Waals surface area contributed by atoms with Crippen LogP contribution in [0.5, 0.6) is 0 Å². The Balaban J connectivity index is 1.49. The van der Waals surface area contributed by atoms with Gasteiger partial charge in [-0.25, -0.2) is 4.39 Å². The van der Waals surface area contributed by atoms with E-state index in [0.717, 1.165) is 38.3 Å². The minimum absolute atomic E-state index is 0.0260. The normalized spacial score (nSPS) is 15.8. The average Bonchev–Trinajstić information content (AvgIpc) is 2.62. The van der Waals surface area contributed by atoms with Crippen LogP contribution in [0.15, 0.2) is 60.7 Å². The second-order valence-electron chi connectivity index (χ2n) is 6.12. The first-order valence-electron chi connectivity index (χ1n) is 8.31. The van der Waals surface area contributed by atoms with Gasteiger partial charge < -0.3 is 9.80 Å². The highest BCUT2D eigenvalue weighted by Crippen LogP contribution is 2.05. The largest absolute Gasteiger partial charge is 0.328 e. The lowest BCUT2D eigenvalue weighted by Crippen LogP contribution is -3.13. The van der Waals surface area contributed by atoms with E-state index in [1.54, 1.807) is 24.3 Å². The fraction of sp³-hybridized carbons (Fsp3) is 0.250. The zero-order valence-corrected chi connectivity index (χ0v) is 13.6. The number of nitrogens with one attached hydrogen (secondary N) is 1. The molecule has 2 aromatic rings. The highest BCUT2D eigenvalue weighted by atomic mass is 19.1. The van der Waals surface area contributed by atoms with Gasteiger partial charge in [0.25, 0.3) is 0 Å². The van der Waals surface area contributed by atoms with Crippen molar-refractivity contribution in [2.75, 3.05) is 26.2 Å². The van der Waals surface area contributed by atoms with E-state index in [0.29, 0.717) is 0 Å². The smallest absolute Gasteiger partial charge is 0.246 e. The number of halogens is 1. The molecule has 24 heavy (non-hydrogen) atoms. The molecule has 0 aromatic heterocycles. The Morgan fingerprint density at radius 2 is 1.71 bits per heavy atom. The van der Waals surface area contributed by atoms with Crippen molar-refractivity contribution in [3.63, 3.8) is 0 Å². The summed E-state index contributed by atoms with van der Waals surface area (Å²) in [6, 6.07) is 16.6. The highest BCUT2D eigenvalue weighted by Gasteiger charge is 2.22. The van der Waals surface area contributed by atoms with Crippen LogP contribution in [0.1, 0.15) is 11.1 Å². The second-order valence-corrected chi connectivity index (χ2v) is 6.12. The van der Waals surface area contributed by atoms with Crippen molar-refractivity contribution in [2.24, 2.45) is 0 Å². The Morgan fingerprint density at radius 1 is 1.04 bits per heavy atom. The van der Waals surface area contributed by atoms with Gasteiger partial charge in [-0.05, 0) is 23.8 Å². The number of quaternary nitrogens is 1. The van der Waals surface area contributed by atoms with Crippen LogP contribution in [-0.2, 0) is 11.3 Å². The summed E-state index contributed by atoms with van der Waals surface area (Å²) < 4.78 is 12.9. The summed E-state index contributed by atoms with van der Waals surface area (Å²) >= 11 is 0. The van der Waals surface area contributed by atoms with Crippen molar-refractivity contribution >= 4 is 12.0 Å². The minimum Gasteiger partial charge on any atom is -0.328 e. The van der Waals surface area contributed by atoms with Crippen LogP contribution in [0.3, 0.4) is 0 Å². The molecule has 2 aromatic carbocycles. The van der Waals surface area contributed by atoms with Crippen LogP contribution >= 0.6 is 0 Å². The Hall–Kier alpha value is -2.46. The molecule has 1 heterocycles. The molecule has 0 bridgehead atoms. The van der Waals surface area contributed by atoms with Crippen molar-refractivity contribution in [2.45, 2.75) is 6.54 Å². The molecule has 0 saturated carbocycles. The Bertz CT molecular complexity index is 689. The van der Waals surface area contributed by atoms with Crippen molar-refractivity contribution in [3.05, 3.63) is 77.6 Å². The molecular formula is C20H22FN2O+. The molecule has 0 spiro atoms. The third-order valence-electron chi connectivity index (χ3n) is 4.37. The number of amides is 1. The predicted octanol–water partition coefficient (Wildman–Crippen LogP) is 1.77. The van der Waals surface area contributed by atoms with E-state index < -0.39 is 0 Å². The Morgan fingerprint density at radius 3 is 2.38 bits per heavy atom. The van der Waals surface area contributed by atoms with Crippen LogP contribution in [0.2, 0.25) is 0 Å². The van der Waals surface area contributed by atoms with Crippen LogP contribution in [0.25, 0.3) is 6.08 Å². The molecule has 0 aliphatic carbocycles. The molecular weight excluding hydrogens is 303 g/mol. The van der Waals surface area contributed by atoms with Gasteiger partial charge in [-0.15, -0.1) is 0 Å². The van der Waals surface area contributed by atoms with E-state index in [1.807, 2.05) is 11.0 Å². The van der Waals surface area contributed by atoms with Gasteiger partial charge in [0.1, 0.15) is 12.4 Å². The average molecular weight is 325 g/mol. The summed E-state index contributed by atoms with van der Waals surface area (Å²) in [5, 5.41) is 0. The lowest BCUT2D eigenvalue weighted by Gasteiger charge is -2.31. The van der Waals surface area contributed by atoms with E-state index in [2.05, 4.69) is 24.3 Å². The van der Waals surface area contributed by atoms with Gasteiger partial charge in [0.2, 0.25) is 5.91 Å². The van der Waals surface area contributed by atoms with Gasteiger partial charge in [-0.3, -0.25) is 4.79 Å². The zero-order valence-electron chi connectivity index (χ0n) is 13.6. The number of rotatable bonds is 4. The summed E-state index contributed by atoms with van der Waals surface area (Å²) in [6.45, 7) is 4.48. The van der Waals surface area contributed by atoms with Gasteiger partial charge >= 0.3 is 0 Å². The molecule has 0 unspecified atom stereocenters. The van der Waals surface area contributed by atoms with Crippen molar-refractivity contribution < 1.29 is 14.1 Å². The van der Waals surface area contributed by atoms with Gasteiger partial charge in [0, 0.05) is 11.6 Å². The number of carbonyl (C=O) groups is 1. The zero-order chi connectivity index (χ0) is 16.8.